The van der Waals surface area contributed by atoms with Crippen LogP contribution in [0.5, 0.6) is 0 Å². The van der Waals surface area contributed by atoms with Crippen LogP contribution in [-0.2, 0) is 22.3 Å². The molecule has 0 amide bonds. The van der Waals surface area contributed by atoms with Gasteiger partial charge in [-0.3, -0.25) is 4.79 Å². The van der Waals surface area contributed by atoms with E-state index < -0.39 is 17.3 Å². The molecule has 21 heavy (non-hydrogen) atoms. The maximum absolute atomic E-state index is 12.5. The second-order valence-electron chi connectivity index (χ2n) is 5.71. The summed E-state index contributed by atoms with van der Waals surface area (Å²) in [5.41, 5.74) is -0.680. The van der Waals surface area contributed by atoms with E-state index in [9.17, 15) is 18.0 Å². The Balaban J connectivity index is 2.38. The molecule has 0 saturated carbocycles. The van der Waals surface area contributed by atoms with Crippen LogP contribution in [0.25, 0.3) is 0 Å². The third kappa shape index (κ3) is 7.13. The molecule has 0 atom stereocenters. The van der Waals surface area contributed by atoms with Gasteiger partial charge < -0.3 is 10.1 Å². The average molecular weight is 303 g/mol. The number of ether oxygens (including phenoxy) is 1. The van der Waals surface area contributed by atoms with Gasteiger partial charge in [0, 0.05) is 13.1 Å². The number of carbonyl (C=O) groups excluding carboxylic acids is 1. The molecule has 6 heteroatoms. The van der Waals surface area contributed by atoms with Crippen molar-refractivity contribution in [2.75, 3.05) is 6.54 Å². The van der Waals surface area contributed by atoms with Gasteiger partial charge in [-0.25, -0.2) is 0 Å². The molecule has 1 rings (SSSR count). The molecule has 0 aliphatic carbocycles. The number of nitrogens with one attached hydrogen (secondary N) is 1. The van der Waals surface area contributed by atoms with Crippen molar-refractivity contribution in [2.45, 2.75) is 45.5 Å². The molecule has 0 spiro atoms. The highest BCUT2D eigenvalue weighted by Crippen LogP contribution is 2.29. The van der Waals surface area contributed by atoms with Crippen LogP contribution in [0.1, 0.15) is 38.3 Å². The Labute approximate surface area is 122 Å². The molecule has 0 radical (unpaired) electrons. The SMILES string of the molecule is CC(C)(C)OC(=O)CCNCc1cccc(C(F)(F)F)c1. The molecule has 0 unspecified atom stereocenters. The normalized spacial score (nSPS) is 12.3. The molecule has 3 nitrogen and oxygen atoms in total. The van der Waals surface area contributed by atoms with Gasteiger partial charge in [0.2, 0.25) is 0 Å². The summed E-state index contributed by atoms with van der Waals surface area (Å²) in [6, 6.07) is 5.11. The first-order chi connectivity index (χ1) is 9.58. The van der Waals surface area contributed by atoms with Gasteiger partial charge in [-0.2, -0.15) is 13.2 Å². The minimum Gasteiger partial charge on any atom is -0.460 e. The van der Waals surface area contributed by atoms with Crippen molar-refractivity contribution < 1.29 is 22.7 Å². The summed E-state index contributed by atoms with van der Waals surface area (Å²) in [7, 11) is 0. The van der Waals surface area contributed by atoms with E-state index in [0.717, 1.165) is 12.1 Å². The van der Waals surface area contributed by atoms with E-state index >= 15 is 0 Å². The highest BCUT2D eigenvalue weighted by molar-refractivity contribution is 5.70. The molecular weight excluding hydrogens is 283 g/mol. The van der Waals surface area contributed by atoms with Crippen molar-refractivity contribution in [1.82, 2.24) is 5.32 Å². The third-order valence-corrected chi connectivity index (χ3v) is 2.51. The first kappa shape index (κ1) is 17.5. The van der Waals surface area contributed by atoms with Gasteiger partial charge in [-0.05, 0) is 32.4 Å². The predicted octanol–water partition coefficient (Wildman–Crippen LogP) is 3.53. The van der Waals surface area contributed by atoms with E-state index in [1.54, 1.807) is 26.8 Å². The highest BCUT2D eigenvalue weighted by atomic mass is 19.4. The van der Waals surface area contributed by atoms with Crippen molar-refractivity contribution in [2.24, 2.45) is 0 Å². The lowest BCUT2D eigenvalue weighted by Gasteiger charge is -2.19. The molecule has 0 fully saturated rings. The van der Waals surface area contributed by atoms with Crippen LogP contribution in [0.3, 0.4) is 0 Å². The fraction of sp³-hybridized carbons (Fsp3) is 0.533. The summed E-state index contributed by atoms with van der Waals surface area (Å²) < 4.78 is 42.7. The van der Waals surface area contributed by atoms with Gasteiger partial charge in [-0.1, -0.05) is 18.2 Å². The second kappa shape index (κ2) is 6.93. The molecule has 0 bridgehead atoms. The minimum absolute atomic E-state index is 0.177. The summed E-state index contributed by atoms with van der Waals surface area (Å²) in [5, 5.41) is 2.93. The van der Waals surface area contributed by atoms with Gasteiger partial charge in [-0.15, -0.1) is 0 Å². The number of halogens is 3. The first-order valence-electron chi connectivity index (χ1n) is 6.66. The lowest BCUT2D eigenvalue weighted by atomic mass is 10.1. The maximum atomic E-state index is 12.5. The molecule has 0 heterocycles. The molecule has 1 aromatic carbocycles. The first-order valence-corrected chi connectivity index (χ1v) is 6.66. The molecular formula is C15H20F3NO2. The van der Waals surface area contributed by atoms with Gasteiger partial charge in [0.1, 0.15) is 5.60 Å². The predicted molar refractivity (Wildman–Crippen MR) is 73.6 cm³/mol. The summed E-state index contributed by atoms with van der Waals surface area (Å²) in [6.07, 6.45) is -4.16. The van der Waals surface area contributed by atoms with E-state index in [2.05, 4.69) is 5.32 Å². The summed E-state index contributed by atoms with van der Waals surface area (Å²) >= 11 is 0. The maximum Gasteiger partial charge on any atom is 0.416 e. The Morgan fingerprint density at radius 2 is 1.90 bits per heavy atom. The van der Waals surface area contributed by atoms with Crippen LogP contribution in [-0.4, -0.2) is 18.1 Å². The molecule has 0 aliphatic heterocycles. The summed E-state index contributed by atoms with van der Waals surface area (Å²) in [5.74, 6) is -0.334. The molecule has 118 valence electrons. The Bertz CT molecular complexity index is 479. The molecule has 0 aliphatic rings. The number of hydrogen-bond acceptors (Lipinski definition) is 3. The van der Waals surface area contributed by atoms with Crippen molar-refractivity contribution in [1.29, 1.82) is 0 Å². The number of alkyl halides is 3. The van der Waals surface area contributed by atoms with Gasteiger partial charge in [0.25, 0.3) is 0 Å². The number of carbonyl (C=O) groups is 1. The van der Waals surface area contributed by atoms with Gasteiger partial charge in [0.15, 0.2) is 0 Å². The lowest BCUT2D eigenvalue weighted by molar-refractivity contribution is -0.154. The second-order valence-corrected chi connectivity index (χ2v) is 5.71. The Kier molecular flexibility index (Phi) is 5.78. The summed E-state index contributed by atoms with van der Waals surface area (Å²) in [6.45, 7) is 5.96. The van der Waals surface area contributed by atoms with E-state index in [4.69, 9.17) is 4.74 Å². The fourth-order valence-corrected chi connectivity index (χ4v) is 1.67. The molecule has 0 aromatic heterocycles. The molecule has 1 aromatic rings. The van der Waals surface area contributed by atoms with E-state index in [-0.39, 0.29) is 18.9 Å². The number of esters is 1. The number of benzene rings is 1. The van der Waals surface area contributed by atoms with Gasteiger partial charge in [0.05, 0.1) is 12.0 Å². The monoisotopic (exact) mass is 303 g/mol. The standard InChI is InChI=1S/C15H20F3NO2/c1-14(2,3)21-13(20)7-8-19-10-11-5-4-6-12(9-11)15(16,17)18/h4-6,9,19H,7-8,10H2,1-3H3. The van der Waals surface area contributed by atoms with Crippen LogP contribution in [0, 0.1) is 0 Å². The zero-order valence-corrected chi connectivity index (χ0v) is 12.4. The fourth-order valence-electron chi connectivity index (χ4n) is 1.67. The van der Waals surface area contributed by atoms with Crippen molar-refractivity contribution in [3.05, 3.63) is 35.4 Å². The highest BCUT2D eigenvalue weighted by Gasteiger charge is 2.30. The van der Waals surface area contributed by atoms with Gasteiger partial charge >= 0.3 is 12.1 Å². The Morgan fingerprint density at radius 3 is 2.48 bits per heavy atom. The van der Waals surface area contributed by atoms with Crippen LogP contribution < -0.4 is 5.32 Å². The van der Waals surface area contributed by atoms with E-state index in [1.165, 1.54) is 6.07 Å². The number of rotatable bonds is 5. The summed E-state index contributed by atoms with van der Waals surface area (Å²) in [4.78, 5) is 11.4. The largest absolute Gasteiger partial charge is 0.460 e. The average Bonchev–Trinajstić information content (AvgIpc) is 2.32. The zero-order valence-electron chi connectivity index (χ0n) is 12.4. The van der Waals surface area contributed by atoms with Crippen molar-refractivity contribution >= 4 is 5.97 Å². The zero-order chi connectivity index (χ0) is 16.1. The minimum atomic E-state index is -4.34. The Morgan fingerprint density at radius 1 is 1.24 bits per heavy atom. The van der Waals surface area contributed by atoms with E-state index in [0.29, 0.717) is 12.1 Å². The van der Waals surface area contributed by atoms with Crippen LogP contribution >= 0.6 is 0 Å². The van der Waals surface area contributed by atoms with Crippen LogP contribution in [0.4, 0.5) is 13.2 Å². The van der Waals surface area contributed by atoms with E-state index in [1.807, 2.05) is 0 Å². The smallest absolute Gasteiger partial charge is 0.416 e. The number of hydrogen-bond donors (Lipinski definition) is 1. The van der Waals surface area contributed by atoms with Crippen LogP contribution in [0.15, 0.2) is 24.3 Å². The van der Waals surface area contributed by atoms with Crippen LogP contribution in [0.2, 0.25) is 0 Å². The quantitative estimate of drug-likeness (QED) is 0.668. The topological polar surface area (TPSA) is 38.3 Å². The lowest BCUT2D eigenvalue weighted by Crippen LogP contribution is -2.26. The third-order valence-electron chi connectivity index (χ3n) is 2.51. The van der Waals surface area contributed by atoms with Crippen molar-refractivity contribution in [3.63, 3.8) is 0 Å². The van der Waals surface area contributed by atoms with Crippen molar-refractivity contribution in [3.8, 4) is 0 Å². The molecule has 1 N–H and O–H groups in total. The molecule has 0 saturated heterocycles. The Hall–Kier alpha value is -1.56.